The fourth-order valence-electron chi connectivity index (χ4n) is 1.95. The van der Waals surface area contributed by atoms with Crippen molar-refractivity contribution in [2.45, 2.75) is 18.9 Å². The maximum atomic E-state index is 13.6. The van der Waals surface area contributed by atoms with Crippen LogP contribution >= 0.6 is 0 Å². The average molecular weight is 274 g/mol. The molecule has 2 nitrogen and oxygen atoms in total. The molecule has 0 heterocycles. The summed E-state index contributed by atoms with van der Waals surface area (Å²) >= 11 is 0. The van der Waals surface area contributed by atoms with Crippen LogP contribution in [0, 0.1) is 11.6 Å². The molecule has 1 aliphatic carbocycles. The highest BCUT2D eigenvalue weighted by Gasteiger charge is 2.24. The lowest BCUT2D eigenvalue weighted by molar-refractivity contribution is 0.103. The molecule has 102 valence electrons. The van der Waals surface area contributed by atoms with Gasteiger partial charge < -0.3 is 4.74 Å². The third kappa shape index (κ3) is 2.54. The highest BCUT2D eigenvalue weighted by molar-refractivity contribution is 6.09. The summed E-state index contributed by atoms with van der Waals surface area (Å²) in [6.45, 7) is 0. The number of carbonyl (C=O) groups excluding carboxylic acids is 1. The molecule has 0 spiro atoms. The van der Waals surface area contributed by atoms with Gasteiger partial charge in [0.15, 0.2) is 5.78 Å². The Labute approximate surface area is 115 Å². The minimum atomic E-state index is -0.858. The lowest BCUT2D eigenvalue weighted by Gasteiger charge is -2.07. The van der Waals surface area contributed by atoms with Gasteiger partial charge in [0, 0.05) is 5.56 Å². The van der Waals surface area contributed by atoms with Crippen LogP contribution < -0.4 is 4.74 Å². The number of halogens is 2. The van der Waals surface area contributed by atoms with Gasteiger partial charge >= 0.3 is 0 Å². The van der Waals surface area contributed by atoms with Crippen molar-refractivity contribution in [2.24, 2.45) is 0 Å². The number of hydrogen-bond acceptors (Lipinski definition) is 2. The monoisotopic (exact) mass is 274 g/mol. The summed E-state index contributed by atoms with van der Waals surface area (Å²) in [5.74, 6) is -1.84. The number of carbonyl (C=O) groups is 1. The van der Waals surface area contributed by atoms with Crippen LogP contribution in [0.4, 0.5) is 8.78 Å². The molecule has 0 aromatic heterocycles. The van der Waals surface area contributed by atoms with Crippen LogP contribution in [0.25, 0.3) is 0 Å². The van der Waals surface area contributed by atoms with Crippen LogP contribution in [0.15, 0.2) is 42.5 Å². The van der Waals surface area contributed by atoms with Crippen molar-refractivity contribution in [1.82, 2.24) is 0 Å². The van der Waals surface area contributed by atoms with E-state index < -0.39 is 23.0 Å². The molecule has 0 radical (unpaired) electrons. The molecule has 4 heteroatoms. The molecule has 2 aromatic carbocycles. The van der Waals surface area contributed by atoms with Gasteiger partial charge in [-0.3, -0.25) is 4.79 Å². The molecule has 0 unspecified atom stereocenters. The highest BCUT2D eigenvalue weighted by Crippen LogP contribution is 2.28. The second-order valence-corrected chi connectivity index (χ2v) is 4.77. The van der Waals surface area contributed by atoms with Gasteiger partial charge in [0.05, 0.1) is 11.7 Å². The number of ether oxygens (including phenoxy) is 1. The molecule has 2 aromatic rings. The normalized spacial score (nSPS) is 14.1. The molecule has 0 saturated heterocycles. The minimum absolute atomic E-state index is 0.200. The topological polar surface area (TPSA) is 26.3 Å². The molecule has 0 aliphatic heterocycles. The second-order valence-electron chi connectivity index (χ2n) is 4.77. The first-order valence-corrected chi connectivity index (χ1v) is 6.40. The van der Waals surface area contributed by atoms with E-state index in [1.807, 2.05) is 0 Å². The number of ketones is 1. The van der Waals surface area contributed by atoms with E-state index in [-0.39, 0.29) is 11.7 Å². The Morgan fingerprint density at radius 2 is 1.70 bits per heavy atom. The van der Waals surface area contributed by atoms with Gasteiger partial charge in [0.1, 0.15) is 17.4 Å². The average Bonchev–Trinajstić information content (AvgIpc) is 3.22. The second kappa shape index (κ2) is 5.04. The summed E-state index contributed by atoms with van der Waals surface area (Å²) in [4.78, 5) is 12.2. The molecule has 0 amide bonds. The minimum Gasteiger partial charge on any atom is -0.490 e. The van der Waals surface area contributed by atoms with Crippen LogP contribution in [0.3, 0.4) is 0 Å². The van der Waals surface area contributed by atoms with Gasteiger partial charge in [-0.1, -0.05) is 18.2 Å². The molecule has 1 saturated carbocycles. The van der Waals surface area contributed by atoms with Gasteiger partial charge in [-0.05, 0) is 37.1 Å². The molecule has 1 aliphatic rings. The van der Waals surface area contributed by atoms with Crippen LogP contribution in [-0.2, 0) is 0 Å². The van der Waals surface area contributed by atoms with E-state index in [1.165, 1.54) is 18.2 Å². The van der Waals surface area contributed by atoms with Gasteiger partial charge in [-0.15, -0.1) is 0 Å². The zero-order chi connectivity index (χ0) is 14.1. The van der Waals surface area contributed by atoms with E-state index >= 15 is 0 Å². The number of rotatable bonds is 4. The number of hydrogen-bond donors (Lipinski definition) is 0. The Kier molecular flexibility index (Phi) is 3.22. The van der Waals surface area contributed by atoms with E-state index in [4.69, 9.17) is 4.74 Å². The Hall–Kier alpha value is -2.23. The summed E-state index contributed by atoms with van der Waals surface area (Å²) in [6, 6.07) is 9.78. The van der Waals surface area contributed by atoms with Crippen molar-refractivity contribution in [3.8, 4) is 5.75 Å². The lowest BCUT2D eigenvalue weighted by atomic mass is 10.0. The summed E-state index contributed by atoms with van der Waals surface area (Å²) in [6.07, 6.45) is 2.20. The van der Waals surface area contributed by atoms with Crippen LogP contribution in [0.2, 0.25) is 0 Å². The number of benzene rings is 2. The first kappa shape index (κ1) is 12.8. The summed E-state index contributed by atoms with van der Waals surface area (Å²) in [5, 5.41) is 0. The summed E-state index contributed by atoms with van der Waals surface area (Å²) in [5.41, 5.74) is -0.316. The van der Waals surface area contributed by atoms with Crippen molar-refractivity contribution in [3.63, 3.8) is 0 Å². The Balaban J connectivity index is 1.93. The van der Waals surface area contributed by atoms with Crippen molar-refractivity contribution in [2.75, 3.05) is 0 Å². The first-order valence-electron chi connectivity index (χ1n) is 6.40. The van der Waals surface area contributed by atoms with E-state index in [0.29, 0.717) is 5.75 Å². The molecular weight excluding hydrogens is 262 g/mol. The van der Waals surface area contributed by atoms with Crippen molar-refractivity contribution < 1.29 is 18.3 Å². The van der Waals surface area contributed by atoms with E-state index in [9.17, 15) is 13.6 Å². The van der Waals surface area contributed by atoms with Gasteiger partial charge in [0.25, 0.3) is 0 Å². The maximum Gasteiger partial charge on any atom is 0.199 e. The summed E-state index contributed by atoms with van der Waals surface area (Å²) in [7, 11) is 0. The standard InChI is InChI=1S/C16H12F2O2/c17-13-5-2-6-14(18)15(13)16(19)10-3-1-4-12(9-10)20-11-7-8-11/h1-6,9,11H,7-8H2. The molecular formula is C16H12F2O2. The zero-order valence-corrected chi connectivity index (χ0v) is 10.6. The van der Waals surface area contributed by atoms with E-state index in [0.717, 1.165) is 25.0 Å². The van der Waals surface area contributed by atoms with Crippen molar-refractivity contribution in [1.29, 1.82) is 0 Å². The van der Waals surface area contributed by atoms with Crippen LogP contribution in [0.1, 0.15) is 28.8 Å². The maximum absolute atomic E-state index is 13.6. The fraction of sp³-hybridized carbons (Fsp3) is 0.188. The predicted octanol–water partition coefficient (Wildman–Crippen LogP) is 3.74. The SMILES string of the molecule is O=C(c1cccc(OC2CC2)c1)c1c(F)cccc1F. The van der Waals surface area contributed by atoms with Crippen LogP contribution in [0.5, 0.6) is 5.75 Å². The molecule has 1 fully saturated rings. The van der Waals surface area contributed by atoms with Gasteiger partial charge in [-0.2, -0.15) is 0 Å². The summed E-state index contributed by atoms with van der Waals surface area (Å²) < 4.78 is 32.8. The smallest absolute Gasteiger partial charge is 0.199 e. The first-order chi connectivity index (χ1) is 9.65. The Bertz CT molecular complexity index is 643. The fourth-order valence-corrected chi connectivity index (χ4v) is 1.95. The lowest BCUT2D eigenvalue weighted by Crippen LogP contribution is -2.08. The third-order valence-corrected chi connectivity index (χ3v) is 3.11. The van der Waals surface area contributed by atoms with Crippen molar-refractivity contribution >= 4 is 5.78 Å². The molecule has 0 atom stereocenters. The largest absolute Gasteiger partial charge is 0.490 e. The third-order valence-electron chi connectivity index (χ3n) is 3.11. The molecule has 3 rings (SSSR count). The Morgan fingerprint density at radius 1 is 1.05 bits per heavy atom. The molecule has 0 N–H and O–H groups in total. The molecule has 20 heavy (non-hydrogen) atoms. The zero-order valence-electron chi connectivity index (χ0n) is 10.6. The van der Waals surface area contributed by atoms with Gasteiger partial charge in [0.2, 0.25) is 0 Å². The predicted molar refractivity (Wildman–Crippen MR) is 69.9 cm³/mol. The van der Waals surface area contributed by atoms with Crippen LogP contribution in [-0.4, -0.2) is 11.9 Å². The van der Waals surface area contributed by atoms with E-state index in [2.05, 4.69) is 0 Å². The van der Waals surface area contributed by atoms with Crippen molar-refractivity contribution in [3.05, 3.63) is 65.2 Å². The molecule has 0 bridgehead atoms. The Morgan fingerprint density at radius 3 is 2.35 bits per heavy atom. The van der Waals surface area contributed by atoms with E-state index in [1.54, 1.807) is 12.1 Å². The highest BCUT2D eigenvalue weighted by atomic mass is 19.1. The van der Waals surface area contributed by atoms with Gasteiger partial charge in [-0.25, -0.2) is 8.78 Å². The quantitative estimate of drug-likeness (QED) is 0.794.